The van der Waals surface area contributed by atoms with Crippen molar-refractivity contribution in [3.63, 3.8) is 0 Å². The molecule has 1 radical (unpaired) electrons. The molecule has 0 spiro atoms. The third-order valence-corrected chi connectivity index (χ3v) is 3.04. The van der Waals surface area contributed by atoms with Crippen LogP contribution in [0.5, 0.6) is 0 Å². The lowest BCUT2D eigenvalue weighted by Crippen LogP contribution is -2.18. The van der Waals surface area contributed by atoms with Crippen molar-refractivity contribution in [3.05, 3.63) is 42.1 Å². The molecule has 0 saturated heterocycles. The lowest BCUT2D eigenvalue weighted by molar-refractivity contribution is 0.100. The maximum atomic E-state index is 11.5. The minimum Gasteiger partial charge on any atom is -0.369 e. The highest BCUT2D eigenvalue weighted by molar-refractivity contribution is 5.97. The summed E-state index contributed by atoms with van der Waals surface area (Å²) in [6, 6.07) is 10.2. The summed E-state index contributed by atoms with van der Waals surface area (Å²) in [5.41, 5.74) is 6.50. The molecule has 4 N–H and O–H groups in total. The van der Waals surface area contributed by atoms with Crippen LogP contribution in [0, 0.1) is 12.0 Å². The largest absolute Gasteiger partial charge is 0.369 e. The molecule has 22 heavy (non-hydrogen) atoms. The zero-order valence-corrected chi connectivity index (χ0v) is 12.8. The quantitative estimate of drug-likeness (QED) is 0.730. The van der Waals surface area contributed by atoms with Crippen LogP contribution < -0.4 is 16.4 Å². The molecular weight excluding hydrogens is 278 g/mol. The minimum atomic E-state index is -0.548. The van der Waals surface area contributed by atoms with Gasteiger partial charge in [-0.15, -0.1) is 0 Å². The molecule has 0 bridgehead atoms. The molecule has 2 aromatic rings. The molecule has 2 rings (SSSR count). The van der Waals surface area contributed by atoms with Crippen LogP contribution in [0.1, 0.15) is 30.6 Å². The number of amides is 1. The number of hydrogen-bond acceptors (Lipinski definition) is 5. The van der Waals surface area contributed by atoms with Gasteiger partial charge in [-0.2, -0.15) is 4.98 Å². The molecule has 1 aromatic carbocycles. The van der Waals surface area contributed by atoms with E-state index in [1.54, 1.807) is 12.1 Å². The van der Waals surface area contributed by atoms with Gasteiger partial charge in [-0.25, -0.2) is 4.98 Å². The van der Waals surface area contributed by atoms with E-state index in [0.29, 0.717) is 24.2 Å². The molecule has 0 fully saturated rings. The van der Waals surface area contributed by atoms with Crippen LogP contribution in [-0.4, -0.2) is 22.4 Å². The van der Waals surface area contributed by atoms with Gasteiger partial charge in [-0.3, -0.25) is 4.79 Å². The van der Waals surface area contributed by atoms with Crippen molar-refractivity contribution in [2.75, 3.05) is 17.2 Å². The highest BCUT2D eigenvalue weighted by Crippen LogP contribution is 2.17. The highest BCUT2D eigenvalue weighted by Gasteiger charge is 2.12. The van der Waals surface area contributed by atoms with Crippen LogP contribution in [0.2, 0.25) is 0 Å². The SMILES string of the molecule is CC(C)CCNc1nc(Nc2cc[c]cc2)ncc1C(N)=O. The van der Waals surface area contributed by atoms with Gasteiger partial charge in [0.1, 0.15) is 5.82 Å². The molecule has 0 unspecified atom stereocenters. The molecule has 0 saturated carbocycles. The molecule has 1 aromatic heterocycles. The third-order valence-electron chi connectivity index (χ3n) is 3.04. The van der Waals surface area contributed by atoms with Crippen LogP contribution in [0.15, 0.2) is 30.5 Å². The van der Waals surface area contributed by atoms with Crippen LogP contribution in [0.3, 0.4) is 0 Å². The number of primary amides is 1. The zero-order valence-electron chi connectivity index (χ0n) is 12.8. The van der Waals surface area contributed by atoms with Crippen molar-refractivity contribution in [2.24, 2.45) is 11.7 Å². The molecule has 0 aliphatic carbocycles. The fraction of sp³-hybridized carbons (Fsp3) is 0.312. The summed E-state index contributed by atoms with van der Waals surface area (Å²) in [4.78, 5) is 19.9. The number of carbonyl (C=O) groups is 1. The number of nitrogens with zero attached hydrogens (tertiary/aromatic N) is 2. The average Bonchev–Trinajstić information content (AvgIpc) is 2.48. The summed E-state index contributed by atoms with van der Waals surface area (Å²) in [5, 5.41) is 6.23. The van der Waals surface area contributed by atoms with Gasteiger partial charge >= 0.3 is 0 Å². The van der Waals surface area contributed by atoms with E-state index in [9.17, 15) is 4.79 Å². The van der Waals surface area contributed by atoms with Crippen molar-refractivity contribution in [2.45, 2.75) is 20.3 Å². The fourth-order valence-electron chi connectivity index (χ4n) is 1.84. The van der Waals surface area contributed by atoms with Gasteiger partial charge in [0, 0.05) is 18.4 Å². The van der Waals surface area contributed by atoms with Gasteiger partial charge in [-0.05, 0) is 30.5 Å². The molecule has 6 heteroatoms. The predicted molar refractivity (Wildman–Crippen MR) is 87.1 cm³/mol. The first-order valence-electron chi connectivity index (χ1n) is 7.20. The number of rotatable bonds is 7. The van der Waals surface area contributed by atoms with Crippen molar-refractivity contribution >= 4 is 23.4 Å². The van der Waals surface area contributed by atoms with Crippen molar-refractivity contribution in [1.82, 2.24) is 9.97 Å². The third kappa shape index (κ3) is 4.44. The maximum Gasteiger partial charge on any atom is 0.254 e. The van der Waals surface area contributed by atoms with Gasteiger partial charge < -0.3 is 16.4 Å². The Morgan fingerprint density at radius 1 is 1.36 bits per heavy atom. The van der Waals surface area contributed by atoms with E-state index in [4.69, 9.17) is 5.73 Å². The average molecular weight is 298 g/mol. The van der Waals surface area contributed by atoms with E-state index in [0.717, 1.165) is 12.1 Å². The Balaban J connectivity index is 2.17. The Morgan fingerprint density at radius 2 is 2.09 bits per heavy atom. The lowest BCUT2D eigenvalue weighted by atomic mass is 10.1. The zero-order chi connectivity index (χ0) is 15.9. The molecule has 0 aliphatic rings. The van der Waals surface area contributed by atoms with Crippen LogP contribution in [0.4, 0.5) is 17.5 Å². The van der Waals surface area contributed by atoms with Gasteiger partial charge in [0.25, 0.3) is 5.91 Å². The van der Waals surface area contributed by atoms with Crippen molar-refractivity contribution in [1.29, 1.82) is 0 Å². The van der Waals surface area contributed by atoms with Gasteiger partial charge in [0.15, 0.2) is 0 Å². The smallest absolute Gasteiger partial charge is 0.254 e. The monoisotopic (exact) mass is 298 g/mol. The van der Waals surface area contributed by atoms with E-state index in [-0.39, 0.29) is 5.56 Å². The van der Waals surface area contributed by atoms with E-state index in [1.807, 2.05) is 12.1 Å². The molecule has 0 aliphatic heterocycles. The lowest BCUT2D eigenvalue weighted by Gasteiger charge is -2.12. The first-order chi connectivity index (χ1) is 10.6. The van der Waals surface area contributed by atoms with Crippen molar-refractivity contribution in [3.8, 4) is 0 Å². The second-order valence-corrected chi connectivity index (χ2v) is 5.34. The highest BCUT2D eigenvalue weighted by atomic mass is 16.1. The summed E-state index contributed by atoms with van der Waals surface area (Å²) in [5.74, 6) is 0.869. The fourth-order valence-corrected chi connectivity index (χ4v) is 1.84. The van der Waals surface area contributed by atoms with Crippen molar-refractivity contribution < 1.29 is 4.79 Å². The number of benzene rings is 1. The van der Waals surface area contributed by atoms with Crippen LogP contribution in [-0.2, 0) is 0 Å². The molecule has 1 amide bonds. The topological polar surface area (TPSA) is 92.9 Å². The minimum absolute atomic E-state index is 0.288. The van der Waals surface area contributed by atoms with Crippen LogP contribution >= 0.6 is 0 Å². The summed E-state index contributed by atoms with van der Waals surface area (Å²) >= 11 is 0. The van der Waals surface area contributed by atoms with E-state index in [1.165, 1.54) is 6.20 Å². The molecule has 0 atom stereocenters. The van der Waals surface area contributed by atoms with E-state index in [2.05, 4.69) is 40.5 Å². The predicted octanol–water partition coefficient (Wildman–Crippen LogP) is 2.58. The van der Waals surface area contributed by atoms with E-state index >= 15 is 0 Å². The molecule has 115 valence electrons. The first kappa shape index (κ1) is 15.8. The molecule has 1 heterocycles. The number of nitrogens with one attached hydrogen (secondary N) is 2. The van der Waals surface area contributed by atoms with E-state index < -0.39 is 5.91 Å². The van der Waals surface area contributed by atoms with Gasteiger partial charge in [-0.1, -0.05) is 26.0 Å². The summed E-state index contributed by atoms with van der Waals surface area (Å²) in [6.07, 6.45) is 2.41. The number of hydrogen-bond donors (Lipinski definition) is 3. The Hall–Kier alpha value is -2.63. The second-order valence-electron chi connectivity index (χ2n) is 5.34. The number of nitrogens with two attached hydrogens (primary N) is 1. The standard InChI is InChI=1S/C16H20N5O/c1-11(2)8-9-18-15-13(14(17)22)10-19-16(21-15)20-12-6-4-3-5-7-12/h4-7,10-11H,8-9H2,1-2H3,(H2,17,22)(H2,18,19,20,21). The number of aromatic nitrogens is 2. The summed E-state index contributed by atoms with van der Waals surface area (Å²) < 4.78 is 0. The summed E-state index contributed by atoms with van der Waals surface area (Å²) in [7, 11) is 0. The molecule has 6 nitrogen and oxygen atoms in total. The summed E-state index contributed by atoms with van der Waals surface area (Å²) in [6.45, 7) is 4.99. The normalized spacial score (nSPS) is 10.5. The Bertz CT molecular complexity index is 628. The Kier molecular flexibility index (Phi) is 5.30. The molecular formula is C16H20N5O. The van der Waals surface area contributed by atoms with Crippen LogP contribution in [0.25, 0.3) is 0 Å². The maximum absolute atomic E-state index is 11.5. The number of carbonyl (C=O) groups excluding carboxylic acids is 1. The second kappa shape index (κ2) is 7.40. The Morgan fingerprint density at radius 3 is 2.73 bits per heavy atom. The number of anilines is 3. The van der Waals surface area contributed by atoms with Gasteiger partial charge in [0.2, 0.25) is 5.95 Å². The first-order valence-corrected chi connectivity index (χ1v) is 7.20. The van der Waals surface area contributed by atoms with Gasteiger partial charge in [0.05, 0.1) is 5.56 Å². The Labute approximate surface area is 130 Å².